The number of ether oxygens (including phenoxy) is 1. The standard InChI is InChI=1S/C10H8BrF2N3OS/c1-18-10(15-5-14)16-8-3-2-6(4-7(8)11)17-9(12)13/h2-4,9H,1H3,(H,15,16). The second kappa shape index (κ2) is 7.18. The van der Waals surface area contributed by atoms with Crippen LogP contribution in [-0.4, -0.2) is 18.0 Å². The van der Waals surface area contributed by atoms with Gasteiger partial charge in [-0.25, -0.2) is 4.99 Å². The molecular weight excluding hydrogens is 328 g/mol. The molecule has 0 bridgehead atoms. The molecular formula is C10H8BrF2N3OS. The van der Waals surface area contributed by atoms with E-state index in [2.05, 4.69) is 31.0 Å². The minimum Gasteiger partial charge on any atom is -0.435 e. The molecule has 0 aromatic heterocycles. The van der Waals surface area contributed by atoms with Crippen LogP contribution in [0.2, 0.25) is 0 Å². The summed E-state index contributed by atoms with van der Waals surface area (Å²) in [7, 11) is 0. The molecule has 0 aliphatic carbocycles. The normalized spacial score (nSPS) is 11.2. The number of halogens is 3. The summed E-state index contributed by atoms with van der Waals surface area (Å²) < 4.78 is 28.7. The number of rotatable bonds is 3. The molecule has 0 aliphatic rings. The largest absolute Gasteiger partial charge is 0.435 e. The number of amidine groups is 1. The van der Waals surface area contributed by atoms with E-state index in [1.165, 1.54) is 30.0 Å². The fourth-order valence-electron chi connectivity index (χ4n) is 1.04. The third kappa shape index (κ3) is 4.50. The van der Waals surface area contributed by atoms with Gasteiger partial charge >= 0.3 is 6.61 Å². The average molecular weight is 336 g/mol. The van der Waals surface area contributed by atoms with Crippen LogP contribution in [0, 0.1) is 11.5 Å². The van der Waals surface area contributed by atoms with E-state index in [1.54, 1.807) is 12.4 Å². The number of thioether (sulfide) groups is 1. The summed E-state index contributed by atoms with van der Waals surface area (Å²) in [6.07, 6.45) is 3.51. The van der Waals surface area contributed by atoms with E-state index in [9.17, 15) is 8.78 Å². The number of nitrogens with one attached hydrogen (secondary N) is 1. The molecule has 1 aromatic rings. The minimum absolute atomic E-state index is 0.0368. The van der Waals surface area contributed by atoms with Crippen molar-refractivity contribution in [1.29, 1.82) is 5.26 Å². The third-order valence-electron chi connectivity index (χ3n) is 1.72. The van der Waals surface area contributed by atoms with Gasteiger partial charge in [0.15, 0.2) is 11.4 Å². The molecule has 1 rings (SSSR count). The summed E-state index contributed by atoms with van der Waals surface area (Å²) in [5.74, 6) is 0.0368. The molecule has 0 amide bonds. The highest BCUT2D eigenvalue weighted by Crippen LogP contribution is 2.30. The highest BCUT2D eigenvalue weighted by Gasteiger charge is 2.07. The fourth-order valence-corrected chi connectivity index (χ4v) is 1.82. The van der Waals surface area contributed by atoms with E-state index in [4.69, 9.17) is 5.26 Å². The summed E-state index contributed by atoms with van der Waals surface area (Å²) in [6.45, 7) is -2.87. The molecule has 18 heavy (non-hydrogen) atoms. The summed E-state index contributed by atoms with van der Waals surface area (Å²) in [5.41, 5.74) is 0.503. The van der Waals surface area contributed by atoms with Gasteiger partial charge in [0.1, 0.15) is 5.75 Å². The number of nitrogens with zero attached hydrogens (tertiary/aromatic N) is 2. The highest BCUT2D eigenvalue weighted by atomic mass is 79.9. The highest BCUT2D eigenvalue weighted by molar-refractivity contribution is 9.10. The molecule has 4 nitrogen and oxygen atoms in total. The van der Waals surface area contributed by atoms with E-state index in [1.807, 2.05) is 0 Å². The summed E-state index contributed by atoms with van der Waals surface area (Å²) >= 11 is 4.45. The maximum absolute atomic E-state index is 12.0. The lowest BCUT2D eigenvalue weighted by atomic mass is 10.3. The Morgan fingerprint density at radius 2 is 2.33 bits per heavy atom. The van der Waals surface area contributed by atoms with Crippen LogP contribution in [-0.2, 0) is 0 Å². The molecule has 0 heterocycles. The van der Waals surface area contributed by atoms with Crippen molar-refractivity contribution in [3.8, 4) is 11.9 Å². The van der Waals surface area contributed by atoms with Gasteiger partial charge in [0.25, 0.3) is 0 Å². The van der Waals surface area contributed by atoms with Gasteiger partial charge < -0.3 is 4.74 Å². The Kier molecular flexibility index (Phi) is 5.88. The monoisotopic (exact) mass is 335 g/mol. The van der Waals surface area contributed by atoms with Crippen LogP contribution in [0.3, 0.4) is 0 Å². The maximum atomic E-state index is 12.0. The summed E-state index contributed by atoms with van der Waals surface area (Å²) in [4.78, 5) is 4.14. The smallest absolute Gasteiger partial charge is 0.387 e. The van der Waals surface area contributed by atoms with E-state index in [0.717, 1.165) is 0 Å². The predicted molar refractivity (Wildman–Crippen MR) is 70.1 cm³/mol. The number of nitriles is 1. The van der Waals surface area contributed by atoms with Gasteiger partial charge in [-0.1, -0.05) is 11.8 Å². The number of aliphatic imine (C=N–C) groups is 1. The van der Waals surface area contributed by atoms with E-state index >= 15 is 0 Å². The topological polar surface area (TPSA) is 57.4 Å². The maximum Gasteiger partial charge on any atom is 0.387 e. The number of benzene rings is 1. The van der Waals surface area contributed by atoms with Gasteiger partial charge in [-0.2, -0.15) is 14.0 Å². The van der Waals surface area contributed by atoms with Crippen molar-refractivity contribution in [3.05, 3.63) is 22.7 Å². The van der Waals surface area contributed by atoms with Crippen molar-refractivity contribution < 1.29 is 13.5 Å². The van der Waals surface area contributed by atoms with Crippen molar-refractivity contribution in [2.75, 3.05) is 6.26 Å². The van der Waals surface area contributed by atoms with Crippen molar-refractivity contribution in [3.63, 3.8) is 0 Å². The van der Waals surface area contributed by atoms with Gasteiger partial charge in [-0.15, -0.1) is 0 Å². The lowest BCUT2D eigenvalue weighted by molar-refractivity contribution is -0.0498. The molecule has 0 saturated heterocycles. The van der Waals surface area contributed by atoms with Crippen molar-refractivity contribution in [2.24, 2.45) is 4.99 Å². The molecule has 1 N–H and O–H groups in total. The van der Waals surface area contributed by atoms with Gasteiger partial charge in [-0.3, -0.25) is 5.32 Å². The molecule has 1 aromatic carbocycles. The van der Waals surface area contributed by atoms with Gasteiger partial charge in [0.05, 0.1) is 5.69 Å². The minimum atomic E-state index is -2.87. The summed E-state index contributed by atoms with van der Waals surface area (Å²) in [6, 6.07) is 4.27. The second-order valence-electron chi connectivity index (χ2n) is 2.85. The molecule has 0 aliphatic heterocycles. The first-order chi connectivity index (χ1) is 8.56. The molecule has 0 unspecified atom stereocenters. The number of alkyl halides is 2. The Morgan fingerprint density at radius 1 is 1.61 bits per heavy atom. The Balaban J connectivity index is 2.95. The second-order valence-corrected chi connectivity index (χ2v) is 4.50. The Bertz CT molecular complexity index is 491. The van der Waals surface area contributed by atoms with Crippen LogP contribution in [0.1, 0.15) is 0 Å². The fraction of sp³-hybridized carbons (Fsp3) is 0.200. The molecule has 0 saturated carbocycles. The van der Waals surface area contributed by atoms with Crippen LogP contribution in [0.5, 0.6) is 5.75 Å². The van der Waals surface area contributed by atoms with Crippen molar-refractivity contribution in [2.45, 2.75) is 6.61 Å². The first-order valence-corrected chi connectivity index (χ1v) is 6.60. The SMILES string of the molecule is CSC(=Nc1ccc(OC(F)F)cc1Br)NC#N. The molecule has 0 fully saturated rings. The first-order valence-electron chi connectivity index (χ1n) is 4.59. The number of hydrogen-bond donors (Lipinski definition) is 1. The zero-order valence-corrected chi connectivity index (χ0v) is 11.6. The van der Waals surface area contributed by atoms with E-state index in [-0.39, 0.29) is 5.75 Å². The van der Waals surface area contributed by atoms with E-state index < -0.39 is 6.61 Å². The third-order valence-corrected chi connectivity index (χ3v) is 2.94. The molecule has 0 radical (unpaired) electrons. The lowest BCUT2D eigenvalue weighted by Crippen LogP contribution is -2.12. The number of hydrogen-bond acceptors (Lipinski definition) is 4. The average Bonchev–Trinajstić information content (AvgIpc) is 2.30. The van der Waals surface area contributed by atoms with Crippen LogP contribution in [0.25, 0.3) is 0 Å². The zero-order valence-electron chi connectivity index (χ0n) is 9.15. The van der Waals surface area contributed by atoms with Gasteiger partial charge in [0, 0.05) is 4.47 Å². The lowest BCUT2D eigenvalue weighted by Gasteiger charge is -2.06. The molecule has 0 atom stereocenters. The first kappa shape index (κ1) is 14.7. The van der Waals surface area contributed by atoms with Crippen molar-refractivity contribution in [1.82, 2.24) is 5.32 Å². The summed E-state index contributed by atoms with van der Waals surface area (Å²) in [5, 5.41) is 11.3. The van der Waals surface area contributed by atoms with Gasteiger partial charge in [-0.05, 0) is 40.4 Å². The Morgan fingerprint density at radius 3 is 2.83 bits per heavy atom. The van der Waals surface area contributed by atoms with E-state index in [0.29, 0.717) is 15.3 Å². The Labute approximate surface area is 115 Å². The van der Waals surface area contributed by atoms with Crippen LogP contribution < -0.4 is 10.1 Å². The van der Waals surface area contributed by atoms with Crippen LogP contribution >= 0.6 is 27.7 Å². The molecule has 96 valence electrons. The van der Waals surface area contributed by atoms with Gasteiger partial charge in [0.2, 0.25) is 0 Å². The zero-order chi connectivity index (χ0) is 13.5. The van der Waals surface area contributed by atoms with Crippen LogP contribution in [0.15, 0.2) is 27.7 Å². The van der Waals surface area contributed by atoms with Crippen molar-refractivity contribution >= 4 is 38.5 Å². The molecule has 0 spiro atoms. The van der Waals surface area contributed by atoms with Crippen LogP contribution in [0.4, 0.5) is 14.5 Å². The predicted octanol–water partition coefficient (Wildman–Crippen LogP) is 3.47. The molecule has 8 heteroatoms. The quantitative estimate of drug-likeness (QED) is 0.397. The Hall–Kier alpha value is -1.33.